The SMILES string of the molecule is CCC(O)COCC(OC)C(O)C(O)C(COCC(CC)OC)OC. The van der Waals surface area contributed by atoms with Crippen molar-refractivity contribution in [1.29, 1.82) is 0 Å². The van der Waals surface area contributed by atoms with E-state index in [2.05, 4.69) is 0 Å². The van der Waals surface area contributed by atoms with Crippen molar-refractivity contribution in [3.05, 3.63) is 0 Å². The molecule has 0 aliphatic heterocycles. The molecule has 0 bridgehead atoms. The fourth-order valence-electron chi connectivity index (χ4n) is 2.16. The van der Waals surface area contributed by atoms with Crippen LogP contribution in [0.2, 0.25) is 0 Å². The van der Waals surface area contributed by atoms with Gasteiger partial charge in [-0.1, -0.05) is 13.8 Å². The molecule has 0 aromatic rings. The Morgan fingerprint density at radius 2 is 1.12 bits per heavy atom. The first-order valence-electron chi connectivity index (χ1n) is 8.72. The van der Waals surface area contributed by atoms with E-state index in [1.807, 2.05) is 13.8 Å². The fourth-order valence-corrected chi connectivity index (χ4v) is 2.16. The van der Waals surface area contributed by atoms with Gasteiger partial charge in [0.2, 0.25) is 0 Å². The summed E-state index contributed by atoms with van der Waals surface area (Å²) in [5.41, 5.74) is 0. The molecule has 0 radical (unpaired) electrons. The minimum Gasteiger partial charge on any atom is -0.391 e. The zero-order valence-corrected chi connectivity index (χ0v) is 16.1. The van der Waals surface area contributed by atoms with Crippen molar-refractivity contribution in [3.8, 4) is 0 Å². The number of ether oxygens (including phenoxy) is 5. The van der Waals surface area contributed by atoms with Gasteiger partial charge in [0, 0.05) is 21.3 Å². The molecular formula is C17H36O8. The van der Waals surface area contributed by atoms with Gasteiger partial charge in [-0.3, -0.25) is 0 Å². The smallest absolute Gasteiger partial charge is 0.111 e. The van der Waals surface area contributed by atoms with Crippen molar-refractivity contribution in [2.45, 2.75) is 63.3 Å². The Morgan fingerprint density at radius 1 is 0.640 bits per heavy atom. The number of rotatable bonds is 16. The van der Waals surface area contributed by atoms with E-state index in [0.717, 1.165) is 6.42 Å². The van der Waals surface area contributed by atoms with E-state index < -0.39 is 30.5 Å². The van der Waals surface area contributed by atoms with Crippen molar-refractivity contribution in [1.82, 2.24) is 0 Å². The van der Waals surface area contributed by atoms with Crippen LogP contribution < -0.4 is 0 Å². The van der Waals surface area contributed by atoms with Gasteiger partial charge in [-0.2, -0.15) is 0 Å². The van der Waals surface area contributed by atoms with Crippen molar-refractivity contribution >= 4 is 0 Å². The highest BCUT2D eigenvalue weighted by atomic mass is 16.6. The van der Waals surface area contributed by atoms with Crippen LogP contribution in [0.1, 0.15) is 26.7 Å². The maximum atomic E-state index is 10.3. The van der Waals surface area contributed by atoms with E-state index in [0.29, 0.717) is 13.0 Å². The number of aliphatic hydroxyl groups excluding tert-OH is 3. The van der Waals surface area contributed by atoms with E-state index >= 15 is 0 Å². The van der Waals surface area contributed by atoms with Crippen LogP contribution in [0.4, 0.5) is 0 Å². The molecular weight excluding hydrogens is 332 g/mol. The summed E-state index contributed by atoms with van der Waals surface area (Å²) in [5.74, 6) is 0. The van der Waals surface area contributed by atoms with Crippen molar-refractivity contribution < 1.29 is 39.0 Å². The quantitative estimate of drug-likeness (QED) is 0.349. The Morgan fingerprint density at radius 3 is 1.48 bits per heavy atom. The minimum absolute atomic E-state index is 0.0234. The summed E-state index contributed by atoms with van der Waals surface area (Å²) in [6, 6.07) is 0. The van der Waals surface area contributed by atoms with Gasteiger partial charge in [0.15, 0.2) is 0 Å². The highest BCUT2D eigenvalue weighted by Gasteiger charge is 2.33. The monoisotopic (exact) mass is 368 g/mol. The Bertz CT molecular complexity index is 300. The lowest BCUT2D eigenvalue weighted by atomic mass is 10.0. The van der Waals surface area contributed by atoms with Gasteiger partial charge in [0.1, 0.15) is 24.4 Å². The predicted molar refractivity (Wildman–Crippen MR) is 92.6 cm³/mol. The van der Waals surface area contributed by atoms with Gasteiger partial charge in [-0.05, 0) is 12.8 Å². The summed E-state index contributed by atoms with van der Waals surface area (Å²) in [4.78, 5) is 0. The molecule has 8 heteroatoms. The zero-order chi connectivity index (χ0) is 19.2. The number of hydrogen-bond acceptors (Lipinski definition) is 8. The van der Waals surface area contributed by atoms with Crippen LogP contribution >= 0.6 is 0 Å². The molecule has 0 saturated heterocycles. The maximum Gasteiger partial charge on any atom is 0.111 e. The molecule has 0 heterocycles. The summed E-state index contributed by atoms with van der Waals surface area (Å²) in [7, 11) is 4.47. The second-order valence-corrected chi connectivity index (χ2v) is 5.93. The van der Waals surface area contributed by atoms with Crippen LogP contribution in [-0.4, -0.2) is 99.7 Å². The third kappa shape index (κ3) is 9.81. The standard InChI is InChI=1S/C17H36O8/c1-6-12(18)8-24-10-14(22-4)16(19)17(20)15(23-5)11-25-9-13(7-2)21-3/h12-20H,6-11H2,1-5H3. The molecule has 0 aromatic heterocycles. The van der Waals surface area contributed by atoms with Gasteiger partial charge in [-0.15, -0.1) is 0 Å². The topological polar surface area (TPSA) is 107 Å². The number of hydrogen-bond donors (Lipinski definition) is 3. The van der Waals surface area contributed by atoms with Crippen LogP contribution in [-0.2, 0) is 23.7 Å². The lowest BCUT2D eigenvalue weighted by Crippen LogP contribution is -2.49. The Hall–Kier alpha value is -0.320. The first kappa shape index (κ1) is 24.7. The molecule has 0 fully saturated rings. The molecule has 0 rings (SSSR count). The summed E-state index contributed by atoms with van der Waals surface area (Å²) < 4.78 is 26.5. The van der Waals surface area contributed by atoms with Gasteiger partial charge in [0.25, 0.3) is 0 Å². The van der Waals surface area contributed by atoms with Crippen molar-refractivity contribution in [2.24, 2.45) is 0 Å². The average Bonchev–Trinajstić information content (AvgIpc) is 2.64. The van der Waals surface area contributed by atoms with Crippen LogP contribution in [0.3, 0.4) is 0 Å². The lowest BCUT2D eigenvalue weighted by molar-refractivity contribution is -0.154. The van der Waals surface area contributed by atoms with Crippen molar-refractivity contribution in [3.63, 3.8) is 0 Å². The Balaban J connectivity index is 4.43. The summed E-state index contributed by atoms with van der Waals surface area (Å²) in [6.07, 6.45) is -3.10. The van der Waals surface area contributed by atoms with E-state index in [4.69, 9.17) is 23.7 Å². The number of methoxy groups -OCH3 is 3. The van der Waals surface area contributed by atoms with Crippen LogP contribution in [0.15, 0.2) is 0 Å². The normalized spacial score (nSPS) is 19.2. The van der Waals surface area contributed by atoms with E-state index in [9.17, 15) is 15.3 Å². The molecule has 0 spiro atoms. The Labute approximate surface area is 151 Å². The molecule has 0 aliphatic carbocycles. The molecule has 0 amide bonds. The average molecular weight is 368 g/mol. The molecule has 25 heavy (non-hydrogen) atoms. The molecule has 0 aliphatic rings. The fraction of sp³-hybridized carbons (Fsp3) is 1.00. The van der Waals surface area contributed by atoms with Crippen LogP contribution in [0, 0.1) is 0 Å². The van der Waals surface area contributed by atoms with Gasteiger partial charge >= 0.3 is 0 Å². The maximum absolute atomic E-state index is 10.3. The van der Waals surface area contributed by atoms with Gasteiger partial charge in [-0.25, -0.2) is 0 Å². The second kappa shape index (κ2) is 14.8. The highest BCUT2D eigenvalue weighted by Crippen LogP contribution is 2.12. The van der Waals surface area contributed by atoms with E-state index in [1.54, 1.807) is 7.11 Å². The van der Waals surface area contributed by atoms with Gasteiger partial charge < -0.3 is 39.0 Å². The third-order valence-electron chi connectivity index (χ3n) is 4.16. The number of aliphatic hydroxyl groups is 3. The molecule has 6 unspecified atom stereocenters. The second-order valence-electron chi connectivity index (χ2n) is 5.93. The minimum atomic E-state index is -1.22. The summed E-state index contributed by atoms with van der Waals surface area (Å²) >= 11 is 0. The molecule has 3 N–H and O–H groups in total. The molecule has 0 aromatic carbocycles. The van der Waals surface area contributed by atoms with E-state index in [-0.39, 0.29) is 25.9 Å². The third-order valence-corrected chi connectivity index (χ3v) is 4.16. The first-order chi connectivity index (χ1) is 11.9. The molecule has 0 saturated carbocycles. The zero-order valence-electron chi connectivity index (χ0n) is 16.1. The van der Waals surface area contributed by atoms with Gasteiger partial charge in [0.05, 0.1) is 38.6 Å². The molecule has 8 nitrogen and oxygen atoms in total. The first-order valence-corrected chi connectivity index (χ1v) is 8.72. The largest absolute Gasteiger partial charge is 0.391 e. The molecule has 6 atom stereocenters. The highest BCUT2D eigenvalue weighted by molar-refractivity contribution is 4.82. The lowest BCUT2D eigenvalue weighted by Gasteiger charge is -2.30. The predicted octanol–water partition coefficient (Wildman–Crippen LogP) is -0.0327. The molecule has 152 valence electrons. The van der Waals surface area contributed by atoms with Crippen LogP contribution in [0.25, 0.3) is 0 Å². The summed E-state index contributed by atoms with van der Waals surface area (Å²) in [5, 5.41) is 30.1. The van der Waals surface area contributed by atoms with Crippen LogP contribution in [0.5, 0.6) is 0 Å². The van der Waals surface area contributed by atoms with Crippen molar-refractivity contribution in [2.75, 3.05) is 47.8 Å². The summed E-state index contributed by atoms with van der Waals surface area (Å²) in [6.45, 7) is 4.51. The van der Waals surface area contributed by atoms with E-state index in [1.165, 1.54) is 14.2 Å². The Kier molecular flexibility index (Phi) is 14.6.